The fraction of sp³-hybridized carbons (Fsp3) is 0.185. The minimum Gasteiger partial charge on any atom is -0.310 e. The standard InChI is InChI=1S/C27H24F2N6O/c1-27(2,3)23-15-24(35(33-23)22-14-18(28)8-11-20(22)29)32-25(36)13-17-6-9-19(10-7-17)34-16-31-21-5-4-12-30-26(21)34/h4-12,14-16H,13H2,1-3H3,(H,32,36). The minimum atomic E-state index is -0.646. The summed E-state index contributed by atoms with van der Waals surface area (Å²) in [4.78, 5) is 21.7. The van der Waals surface area contributed by atoms with Crippen LogP contribution in [-0.2, 0) is 16.6 Å². The molecule has 0 fully saturated rings. The van der Waals surface area contributed by atoms with E-state index in [2.05, 4.69) is 20.4 Å². The summed E-state index contributed by atoms with van der Waals surface area (Å²) in [6.45, 7) is 5.86. The number of anilines is 1. The summed E-state index contributed by atoms with van der Waals surface area (Å²) in [6.07, 6.45) is 3.51. The van der Waals surface area contributed by atoms with Gasteiger partial charge in [-0.05, 0) is 42.0 Å². The number of fused-ring (bicyclic) bond motifs is 1. The van der Waals surface area contributed by atoms with Crippen LogP contribution < -0.4 is 5.32 Å². The molecule has 5 rings (SSSR count). The van der Waals surface area contributed by atoms with Gasteiger partial charge in [0, 0.05) is 29.4 Å². The van der Waals surface area contributed by atoms with Gasteiger partial charge in [-0.15, -0.1) is 0 Å². The van der Waals surface area contributed by atoms with Crippen LogP contribution in [0.25, 0.3) is 22.5 Å². The van der Waals surface area contributed by atoms with Crippen molar-refractivity contribution in [3.05, 3.63) is 96.1 Å². The van der Waals surface area contributed by atoms with Gasteiger partial charge in [-0.2, -0.15) is 5.10 Å². The number of nitrogens with zero attached hydrogens (tertiary/aromatic N) is 5. The number of carbonyl (C=O) groups is 1. The van der Waals surface area contributed by atoms with Gasteiger partial charge in [-0.3, -0.25) is 9.36 Å². The molecule has 0 aliphatic carbocycles. The first-order valence-corrected chi connectivity index (χ1v) is 11.4. The molecule has 0 aliphatic heterocycles. The van der Waals surface area contributed by atoms with Gasteiger partial charge in [0.05, 0.1) is 12.1 Å². The van der Waals surface area contributed by atoms with Crippen LogP contribution in [0.1, 0.15) is 32.0 Å². The SMILES string of the molecule is CC(C)(C)c1cc(NC(=O)Cc2ccc(-n3cnc4cccnc43)cc2)n(-c2cc(F)ccc2F)n1. The van der Waals surface area contributed by atoms with E-state index >= 15 is 0 Å². The monoisotopic (exact) mass is 486 g/mol. The van der Waals surface area contributed by atoms with Crippen molar-refractivity contribution in [3.8, 4) is 11.4 Å². The lowest BCUT2D eigenvalue weighted by Gasteiger charge is -2.14. The smallest absolute Gasteiger partial charge is 0.229 e. The third-order valence-corrected chi connectivity index (χ3v) is 5.77. The zero-order chi connectivity index (χ0) is 25.4. The molecule has 0 atom stereocenters. The molecule has 0 spiro atoms. The van der Waals surface area contributed by atoms with Crippen molar-refractivity contribution < 1.29 is 13.6 Å². The maximum atomic E-state index is 14.5. The molecule has 0 saturated carbocycles. The van der Waals surface area contributed by atoms with Gasteiger partial charge < -0.3 is 5.32 Å². The van der Waals surface area contributed by atoms with E-state index in [4.69, 9.17) is 0 Å². The predicted molar refractivity (Wildman–Crippen MR) is 133 cm³/mol. The van der Waals surface area contributed by atoms with E-state index in [9.17, 15) is 13.6 Å². The number of halogens is 2. The summed E-state index contributed by atoms with van der Waals surface area (Å²) in [5.74, 6) is -1.29. The number of carbonyl (C=O) groups excluding carboxylic acids is 1. The molecule has 1 N–H and O–H groups in total. The molecule has 182 valence electrons. The highest BCUT2D eigenvalue weighted by molar-refractivity contribution is 5.92. The van der Waals surface area contributed by atoms with Crippen LogP contribution in [0.4, 0.5) is 14.6 Å². The van der Waals surface area contributed by atoms with Crippen molar-refractivity contribution in [1.82, 2.24) is 24.3 Å². The molecule has 0 bridgehead atoms. The second kappa shape index (κ2) is 8.99. The Morgan fingerprint density at radius 2 is 1.78 bits per heavy atom. The van der Waals surface area contributed by atoms with Crippen molar-refractivity contribution in [1.29, 1.82) is 0 Å². The van der Waals surface area contributed by atoms with Crippen LogP contribution in [-0.4, -0.2) is 30.2 Å². The Hall–Kier alpha value is -4.40. The normalized spacial score (nSPS) is 11.7. The molecule has 3 aromatic heterocycles. The number of rotatable bonds is 5. The molecule has 9 heteroatoms. The number of imidazole rings is 1. The Morgan fingerprint density at radius 3 is 2.53 bits per heavy atom. The second-order valence-electron chi connectivity index (χ2n) is 9.52. The van der Waals surface area contributed by atoms with Gasteiger partial charge in [0.1, 0.15) is 35.0 Å². The summed E-state index contributed by atoms with van der Waals surface area (Å²) in [7, 11) is 0. The first-order chi connectivity index (χ1) is 17.2. The Kier molecular flexibility index (Phi) is 5.83. The Balaban J connectivity index is 1.38. The highest BCUT2D eigenvalue weighted by Gasteiger charge is 2.23. The summed E-state index contributed by atoms with van der Waals surface area (Å²) >= 11 is 0. The van der Waals surface area contributed by atoms with Gasteiger partial charge in [-0.1, -0.05) is 32.9 Å². The van der Waals surface area contributed by atoms with E-state index in [1.54, 1.807) is 18.6 Å². The largest absolute Gasteiger partial charge is 0.310 e. The molecule has 36 heavy (non-hydrogen) atoms. The number of nitrogens with one attached hydrogen (secondary N) is 1. The van der Waals surface area contributed by atoms with Crippen LogP contribution in [0.3, 0.4) is 0 Å². The van der Waals surface area contributed by atoms with Gasteiger partial charge in [0.2, 0.25) is 5.91 Å². The molecule has 0 unspecified atom stereocenters. The van der Waals surface area contributed by atoms with E-state index in [0.29, 0.717) is 5.69 Å². The van der Waals surface area contributed by atoms with Gasteiger partial charge in [-0.25, -0.2) is 23.4 Å². The molecular formula is C27H24F2N6O. The lowest BCUT2D eigenvalue weighted by atomic mass is 9.92. The molecule has 5 aromatic rings. The van der Waals surface area contributed by atoms with Crippen molar-refractivity contribution in [3.63, 3.8) is 0 Å². The molecule has 0 saturated heterocycles. The zero-order valence-electron chi connectivity index (χ0n) is 20.0. The third-order valence-electron chi connectivity index (χ3n) is 5.77. The first-order valence-electron chi connectivity index (χ1n) is 11.4. The van der Waals surface area contributed by atoms with Crippen LogP contribution >= 0.6 is 0 Å². The van der Waals surface area contributed by atoms with Crippen LogP contribution in [0.5, 0.6) is 0 Å². The predicted octanol–water partition coefficient (Wildman–Crippen LogP) is 5.36. The maximum Gasteiger partial charge on any atom is 0.229 e. The number of pyridine rings is 1. The van der Waals surface area contributed by atoms with E-state index in [1.165, 1.54) is 4.68 Å². The quantitative estimate of drug-likeness (QED) is 0.363. The fourth-order valence-electron chi connectivity index (χ4n) is 3.85. The summed E-state index contributed by atoms with van der Waals surface area (Å²) in [5, 5.41) is 7.27. The average molecular weight is 487 g/mol. The Bertz CT molecular complexity index is 1560. The minimum absolute atomic E-state index is 0.0775. The van der Waals surface area contributed by atoms with E-state index in [1.807, 2.05) is 61.7 Å². The number of amides is 1. The van der Waals surface area contributed by atoms with Gasteiger partial charge in [0.15, 0.2) is 5.65 Å². The number of aromatic nitrogens is 5. The highest BCUT2D eigenvalue weighted by atomic mass is 19.1. The average Bonchev–Trinajstić information content (AvgIpc) is 3.46. The summed E-state index contributed by atoms with van der Waals surface area (Å²) in [6, 6.07) is 16.0. The third kappa shape index (κ3) is 4.59. The van der Waals surface area contributed by atoms with Crippen molar-refractivity contribution in [2.75, 3.05) is 5.32 Å². The van der Waals surface area contributed by atoms with E-state index in [-0.39, 0.29) is 29.2 Å². The van der Waals surface area contributed by atoms with Gasteiger partial charge in [0.25, 0.3) is 0 Å². The second-order valence-corrected chi connectivity index (χ2v) is 9.52. The van der Waals surface area contributed by atoms with Crippen molar-refractivity contribution in [2.24, 2.45) is 0 Å². The fourth-order valence-corrected chi connectivity index (χ4v) is 3.85. The van der Waals surface area contributed by atoms with Crippen molar-refractivity contribution in [2.45, 2.75) is 32.6 Å². The number of hydrogen-bond donors (Lipinski definition) is 1. The summed E-state index contributed by atoms with van der Waals surface area (Å²) < 4.78 is 31.5. The van der Waals surface area contributed by atoms with E-state index < -0.39 is 11.6 Å². The topological polar surface area (TPSA) is 77.6 Å². The molecule has 0 aliphatic rings. The van der Waals surface area contributed by atoms with Crippen LogP contribution in [0.2, 0.25) is 0 Å². The highest BCUT2D eigenvalue weighted by Crippen LogP contribution is 2.28. The Morgan fingerprint density at radius 1 is 1.00 bits per heavy atom. The number of benzene rings is 2. The van der Waals surface area contributed by atoms with E-state index in [0.717, 1.165) is 40.6 Å². The first kappa shape index (κ1) is 23.3. The lowest BCUT2D eigenvalue weighted by molar-refractivity contribution is -0.115. The van der Waals surface area contributed by atoms with Crippen LogP contribution in [0.15, 0.2) is 73.2 Å². The lowest BCUT2D eigenvalue weighted by Crippen LogP contribution is -2.17. The van der Waals surface area contributed by atoms with Crippen LogP contribution in [0, 0.1) is 11.6 Å². The molecule has 2 aromatic carbocycles. The molecule has 3 heterocycles. The zero-order valence-corrected chi connectivity index (χ0v) is 20.0. The number of hydrogen-bond acceptors (Lipinski definition) is 4. The molecular weight excluding hydrogens is 462 g/mol. The molecule has 7 nitrogen and oxygen atoms in total. The maximum absolute atomic E-state index is 14.5. The summed E-state index contributed by atoms with van der Waals surface area (Å²) in [5.41, 5.74) is 3.38. The Labute approximate surface area is 206 Å². The molecule has 1 amide bonds. The molecule has 0 radical (unpaired) electrons. The van der Waals surface area contributed by atoms with Gasteiger partial charge >= 0.3 is 0 Å². The van der Waals surface area contributed by atoms with Crippen molar-refractivity contribution >= 4 is 22.9 Å².